The third-order valence-corrected chi connectivity index (χ3v) is 4.71. The van der Waals surface area contributed by atoms with E-state index in [1.165, 1.54) is 0 Å². The van der Waals surface area contributed by atoms with Gasteiger partial charge in [-0.25, -0.2) is 4.79 Å². The molecule has 0 unspecified atom stereocenters. The van der Waals surface area contributed by atoms with Gasteiger partial charge in [0.1, 0.15) is 18.9 Å². The van der Waals surface area contributed by atoms with E-state index in [9.17, 15) is 4.79 Å². The lowest BCUT2D eigenvalue weighted by Crippen LogP contribution is -2.07. The first-order valence-corrected chi connectivity index (χ1v) is 10.3. The first-order valence-electron chi connectivity index (χ1n) is 10.3. The summed E-state index contributed by atoms with van der Waals surface area (Å²) in [5.41, 5.74) is 3.26. The van der Waals surface area contributed by atoms with Crippen molar-refractivity contribution in [1.82, 2.24) is 15.4 Å². The lowest BCUT2D eigenvalue weighted by atomic mass is 10.1. The van der Waals surface area contributed by atoms with E-state index in [-0.39, 0.29) is 12.3 Å². The van der Waals surface area contributed by atoms with Crippen molar-refractivity contribution in [2.75, 3.05) is 6.61 Å². The minimum atomic E-state index is -0.535. The van der Waals surface area contributed by atoms with Crippen LogP contribution in [0.2, 0.25) is 0 Å². The topological polar surface area (TPSA) is 86.3 Å². The first-order chi connectivity index (χ1) is 15.7. The number of carbonyl (C=O) groups excluding carboxylic acids is 1. The molecule has 1 heterocycles. The molecule has 1 N–H and O–H groups in total. The maximum atomic E-state index is 12.2. The first kappa shape index (κ1) is 21.1. The number of hydrogen-bond donors (Lipinski definition) is 1. The molecule has 32 heavy (non-hydrogen) atoms. The number of H-pyrrole nitrogens is 1. The molecule has 0 saturated carbocycles. The Hall–Kier alpha value is -4.13. The Morgan fingerprint density at radius 2 is 1.44 bits per heavy atom. The summed E-state index contributed by atoms with van der Waals surface area (Å²) in [6.45, 7) is 2.77. The molecule has 162 valence electrons. The van der Waals surface area contributed by atoms with Gasteiger partial charge in [0.15, 0.2) is 17.2 Å². The molecule has 4 aromatic rings. The van der Waals surface area contributed by atoms with Crippen molar-refractivity contribution in [2.45, 2.75) is 20.1 Å². The smallest absolute Gasteiger partial charge is 0.361 e. The molecule has 1 aromatic heterocycles. The largest absolute Gasteiger partial charge is 0.485 e. The maximum Gasteiger partial charge on any atom is 0.361 e. The van der Waals surface area contributed by atoms with E-state index in [0.717, 1.165) is 11.1 Å². The highest BCUT2D eigenvalue weighted by Gasteiger charge is 2.20. The highest BCUT2D eigenvalue weighted by Crippen LogP contribution is 2.34. The average Bonchev–Trinajstić information content (AvgIpc) is 3.33. The van der Waals surface area contributed by atoms with Crippen LogP contribution in [0.4, 0.5) is 0 Å². The molecule has 0 atom stereocenters. The van der Waals surface area contributed by atoms with Crippen LogP contribution >= 0.6 is 0 Å². The fourth-order valence-corrected chi connectivity index (χ4v) is 3.13. The van der Waals surface area contributed by atoms with Crippen LogP contribution in [0, 0.1) is 0 Å². The lowest BCUT2D eigenvalue weighted by Gasteiger charge is -2.14. The van der Waals surface area contributed by atoms with E-state index in [2.05, 4.69) is 15.4 Å². The lowest BCUT2D eigenvalue weighted by molar-refractivity contribution is 0.0520. The van der Waals surface area contributed by atoms with Crippen molar-refractivity contribution < 1.29 is 19.0 Å². The SMILES string of the molecule is CCOC(=O)c1n[nH]nc1-c1ccc(OCc2ccccc2)c(OCc2ccccc2)c1. The minimum Gasteiger partial charge on any atom is -0.485 e. The summed E-state index contributed by atoms with van der Waals surface area (Å²) in [7, 11) is 0. The van der Waals surface area contributed by atoms with Crippen molar-refractivity contribution in [3.05, 3.63) is 95.7 Å². The average molecular weight is 429 g/mol. The van der Waals surface area contributed by atoms with Gasteiger partial charge in [-0.1, -0.05) is 60.7 Å². The van der Waals surface area contributed by atoms with Crippen LogP contribution in [0.25, 0.3) is 11.3 Å². The Labute approximate surface area is 186 Å². The summed E-state index contributed by atoms with van der Waals surface area (Å²) in [6.07, 6.45) is 0. The fraction of sp³-hybridized carbons (Fsp3) is 0.160. The molecule has 7 nitrogen and oxygen atoms in total. The number of aromatic nitrogens is 3. The normalized spacial score (nSPS) is 10.5. The molecule has 0 aliphatic heterocycles. The number of nitrogens with zero attached hydrogens (tertiary/aromatic N) is 2. The van der Waals surface area contributed by atoms with Crippen molar-refractivity contribution in [3.8, 4) is 22.8 Å². The number of benzene rings is 3. The summed E-state index contributed by atoms with van der Waals surface area (Å²) < 4.78 is 17.2. The van der Waals surface area contributed by atoms with Gasteiger partial charge in [-0.3, -0.25) is 0 Å². The highest BCUT2D eigenvalue weighted by atomic mass is 16.5. The van der Waals surface area contributed by atoms with Crippen molar-refractivity contribution in [3.63, 3.8) is 0 Å². The summed E-state index contributed by atoms with van der Waals surface area (Å²) in [5.74, 6) is 0.599. The van der Waals surface area contributed by atoms with Gasteiger partial charge in [-0.2, -0.15) is 10.3 Å². The van der Waals surface area contributed by atoms with Gasteiger partial charge >= 0.3 is 5.97 Å². The fourth-order valence-electron chi connectivity index (χ4n) is 3.13. The van der Waals surface area contributed by atoms with Crippen LogP contribution in [0.1, 0.15) is 28.5 Å². The number of esters is 1. The van der Waals surface area contributed by atoms with E-state index in [4.69, 9.17) is 14.2 Å². The van der Waals surface area contributed by atoms with Crippen LogP contribution in [-0.2, 0) is 18.0 Å². The molecule has 0 radical (unpaired) electrons. The van der Waals surface area contributed by atoms with Crippen molar-refractivity contribution in [2.24, 2.45) is 0 Å². The van der Waals surface area contributed by atoms with Crippen molar-refractivity contribution in [1.29, 1.82) is 0 Å². The zero-order valence-electron chi connectivity index (χ0n) is 17.7. The van der Waals surface area contributed by atoms with Crippen LogP contribution < -0.4 is 9.47 Å². The molecule has 4 rings (SSSR count). The highest BCUT2D eigenvalue weighted by molar-refractivity contribution is 5.94. The number of rotatable bonds is 9. The molecule has 3 aromatic carbocycles. The summed E-state index contributed by atoms with van der Waals surface area (Å²) in [6, 6.07) is 25.2. The molecular weight excluding hydrogens is 406 g/mol. The van der Waals surface area contributed by atoms with E-state index in [1.807, 2.05) is 72.8 Å². The van der Waals surface area contributed by atoms with E-state index in [0.29, 0.717) is 36.0 Å². The van der Waals surface area contributed by atoms with Gasteiger partial charge in [0.25, 0.3) is 0 Å². The predicted octanol–water partition coefficient (Wildman–Crippen LogP) is 4.81. The molecule has 0 saturated heterocycles. The van der Waals surface area contributed by atoms with Gasteiger partial charge < -0.3 is 14.2 Å². The molecular formula is C25H23N3O4. The number of aromatic amines is 1. The Balaban J connectivity index is 1.62. The summed E-state index contributed by atoms with van der Waals surface area (Å²) >= 11 is 0. The Morgan fingerprint density at radius 1 is 0.812 bits per heavy atom. The number of hydrogen-bond acceptors (Lipinski definition) is 6. The maximum absolute atomic E-state index is 12.2. The number of ether oxygens (including phenoxy) is 3. The molecule has 0 fully saturated rings. The van der Waals surface area contributed by atoms with Gasteiger partial charge in [0.05, 0.1) is 6.61 Å². The zero-order chi connectivity index (χ0) is 22.2. The monoisotopic (exact) mass is 429 g/mol. The Bertz CT molecular complexity index is 1160. The molecule has 0 aliphatic carbocycles. The van der Waals surface area contributed by atoms with Gasteiger partial charge in [0, 0.05) is 5.56 Å². The van der Waals surface area contributed by atoms with E-state index >= 15 is 0 Å². The van der Waals surface area contributed by atoms with Crippen LogP contribution in [-0.4, -0.2) is 28.0 Å². The quantitative estimate of drug-likeness (QED) is 0.385. The van der Waals surface area contributed by atoms with Gasteiger partial charge in [0.2, 0.25) is 0 Å². The third-order valence-electron chi connectivity index (χ3n) is 4.71. The second-order valence-corrected chi connectivity index (χ2v) is 6.95. The Morgan fingerprint density at radius 3 is 2.06 bits per heavy atom. The number of nitrogens with one attached hydrogen (secondary N) is 1. The molecule has 7 heteroatoms. The summed E-state index contributed by atoms with van der Waals surface area (Å²) in [5, 5.41) is 10.6. The van der Waals surface area contributed by atoms with Gasteiger partial charge in [-0.15, -0.1) is 5.10 Å². The van der Waals surface area contributed by atoms with Crippen LogP contribution in [0.3, 0.4) is 0 Å². The zero-order valence-corrected chi connectivity index (χ0v) is 17.7. The summed E-state index contributed by atoms with van der Waals surface area (Å²) in [4.78, 5) is 12.2. The standard InChI is InChI=1S/C25H23N3O4/c1-2-30-25(29)24-23(26-28-27-24)20-13-14-21(31-16-18-9-5-3-6-10-18)22(15-20)32-17-19-11-7-4-8-12-19/h3-15H,2,16-17H2,1H3,(H,26,27,28). The third kappa shape index (κ3) is 5.13. The van der Waals surface area contributed by atoms with Crippen LogP contribution in [0.5, 0.6) is 11.5 Å². The number of carbonyl (C=O) groups is 1. The van der Waals surface area contributed by atoms with E-state index < -0.39 is 5.97 Å². The van der Waals surface area contributed by atoms with Crippen molar-refractivity contribution >= 4 is 5.97 Å². The van der Waals surface area contributed by atoms with E-state index in [1.54, 1.807) is 13.0 Å². The second-order valence-electron chi connectivity index (χ2n) is 6.95. The van der Waals surface area contributed by atoms with Gasteiger partial charge in [-0.05, 0) is 36.2 Å². The molecule has 0 amide bonds. The minimum absolute atomic E-state index is 0.124. The predicted molar refractivity (Wildman–Crippen MR) is 119 cm³/mol. The Kier molecular flexibility index (Phi) is 6.77. The molecule has 0 spiro atoms. The van der Waals surface area contributed by atoms with Crippen LogP contribution in [0.15, 0.2) is 78.9 Å². The second kappa shape index (κ2) is 10.3. The molecule has 0 bridgehead atoms. The molecule has 0 aliphatic rings.